The first kappa shape index (κ1) is 11.0. The molecule has 2 aliphatic carbocycles. The molecule has 0 aromatic carbocycles. The van der Waals surface area contributed by atoms with Gasteiger partial charge in [0.05, 0.1) is 6.10 Å². The van der Waals surface area contributed by atoms with E-state index in [0.717, 1.165) is 24.2 Å². The number of likely N-dealkylation sites (tertiary alicyclic amines) is 1. The van der Waals surface area contributed by atoms with Crippen LogP contribution in [-0.2, 0) is 0 Å². The molecule has 0 radical (unpaired) electrons. The first-order valence-corrected chi connectivity index (χ1v) is 7.16. The summed E-state index contributed by atoms with van der Waals surface area (Å²) in [6, 6.07) is 0. The Bertz CT molecular complexity index is 239. The number of rotatable bonds is 2. The average Bonchev–Trinajstić information content (AvgIpc) is 2.66. The van der Waals surface area contributed by atoms with Gasteiger partial charge in [-0.3, -0.25) is 0 Å². The van der Waals surface area contributed by atoms with Crippen molar-refractivity contribution in [1.82, 2.24) is 4.90 Å². The molecule has 2 unspecified atom stereocenters. The molecule has 2 atom stereocenters. The van der Waals surface area contributed by atoms with E-state index in [-0.39, 0.29) is 6.10 Å². The molecular formula is C14H25NO. The maximum Gasteiger partial charge on any atom is 0.0543 e. The van der Waals surface area contributed by atoms with Crippen LogP contribution in [0, 0.1) is 11.3 Å². The summed E-state index contributed by atoms with van der Waals surface area (Å²) in [4.78, 5) is 2.65. The van der Waals surface area contributed by atoms with E-state index < -0.39 is 0 Å². The lowest BCUT2D eigenvalue weighted by molar-refractivity contribution is -0.0170. The second-order valence-electron chi connectivity index (χ2n) is 6.56. The second kappa shape index (κ2) is 4.30. The van der Waals surface area contributed by atoms with Crippen LogP contribution >= 0.6 is 0 Å². The largest absolute Gasteiger partial charge is 0.393 e. The monoisotopic (exact) mass is 223 g/mol. The van der Waals surface area contributed by atoms with Crippen LogP contribution in [0.25, 0.3) is 0 Å². The van der Waals surface area contributed by atoms with Crippen molar-refractivity contribution in [1.29, 1.82) is 0 Å². The van der Waals surface area contributed by atoms with Gasteiger partial charge in [0, 0.05) is 19.6 Å². The second-order valence-corrected chi connectivity index (χ2v) is 6.56. The number of aliphatic hydroxyl groups excluding tert-OH is 1. The van der Waals surface area contributed by atoms with E-state index in [2.05, 4.69) is 4.90 Å². The minimum absolute atomic E-state index is 0.000433. The van der Waals surface area contributed by atoms with Gasteiger partial charge in [0.1, 0.15) is 0 Å². The van der Waals surface area contributed by atoms with Crippen LogP contribution in [0.1, 0.15) is 51.4 Å². The van der Waals surface area contributed by atoms with Crippen LogP contribution < -0.4 is 0 Å². The van der Waals surface area contributed by atoms with E-state index in [1.807, 2.05) is 0 Å². The van der Waals surface area contributed by atoms with Gasteiger partial charge in [0.15, 0.2) is 0 Å². The fourth-order valence-electron chi connectivity index (χ4n) is 4.27. The molecule has 16 heavy (non-hydrogen) atoms. The average molecular weight is 223 g/mol. The maximum absolute atomic E-state index is 9.67. The van der Waals surface area contributed by atoms with Gasteiger partial charge in [-0.05, 0) is 43.4 Å². The lowest BCUT2D eigenvalue weighted by Gasteiger charge is -2.50. The molecule has 1 saturated heterocycles. The molecule has 2 heteroatoms. The normalized spacial score (nSPS) is 38.8. The van der Waals surface area contributed by atoms with Crippen molar-refractivity contribution >= 4 is 0 Å². The third kappa shape index (κ3) is 2.14. The molecule has 3 fully saturated rings. The summed E-state index contributed by atoms with van der Waals surface area (Å²) in [5, 5.41) is 9.67. The van der Waals surface area contributed by atoms with Crippen molar-refractivity contribution in [3.8, 4) is 0 Å². The Morgan fingerprint density at radius 3 is 2.50 bits per heavy atom. The zero-order valence-electron chi connectivity index (χ0n) is 10.3. The Hall–Kier alpha value is -0.0800. The molecule has 2 saturated carbocycles. The van der Waals surface area contributed by atoms with Crippen LogP contribution in [0.4, 0.5) is 0 Å². The van der Waals surface area contributed by atoms with Gasteiger partial charge < -0.3 is 10.0 Å². The van der Waals surface area contributed by atoms with Crippen LogP contribution in [0.2, 0.25) is 0 Å². The molecule has 3 aliphatic rings. The zero-order chi connectivity index (χ0) is 11.0. The highest BCUT2D eigenvalue weighted by molar-refractivity contribution is 4.98. The number of hydrogen-bond acceptors (Lipinski definition) is 2. The molecule has 0 aromatic rings. The Kier molecular flexibility index (Phi) is 2.97. The predicted octanol–water partition coefficient (Wildman–Crippen LogP) is 2.41. The summed E-state index contributed by atoms with van der Waals surface area (Å²) in [7, 11) is 0. The predicted molar refractivity (Wildman–Crippen MR) is 65.3 cm³/mol. The van der Waals surface area contributed by atoms with Crippen molar-refractivity contribution in [2.24, 2.45) is 11.3 Å². The Morgan fingerprint density at radius 1 is 1.06 bits per heavy atom. The van der Waals surface area contributed by atoms with Gasteiger partial charge in [-0.2, -0.15) is 0 Å². The Labute approximate surface area is 99.0 Å². The lowest BCUT2D eigenvalue weighted by Crippen LogP contribution is -2.56. The Morgan fingerprint density at radius 2 is 1.81 bits per heavy atom. The first-order valence-electron chi connectivity index (χ1n) is 7.16. The van der Waals surface area contributed by atoms with Crippen molar-refractivity contribution in [2.75, 3.05) is 19.6 Å². The summed E-state index contributed by atoms with van der Waals surface area (Å²) in [5.74, 6) is 0.780. The molecule has 1 aliphatic heterocycles. The highest BCUT2D eigenvalue weighted by Crippen LogP contribution is 2.45. The van der Waals surface area contributed by atoms with E-state index in [1.165, 1.54) is 58.2 Å². The minimum Gasteiger partial charge on any atom is -0.393 e. The van der Waals surface area contributed by atoms with Gasteiger partial charge in [-0.25, -0.2) is 0 Å². The number of hydrogen-bond donors (Lipinski definition) is 1. The summed E-state index contributed by atoms with van der Waals surface area (Å²) in [6.07, 6.45) is 10.6. The molecule has 2 nitrogen and oxygen atoms in total. The molecule has 92 valence electrons. The van der Waals surface area contributed by atoms with Gasteiger partial charge in [0.25, 0.3) is 0 Å². The molecule has 3 rings (SSSR count). The summed E-state index contributed by atoms with van der Waals surface area (Å²) in [5.41, 5.74) is 0.743. The van der Waals surface area contributed by atoms with E-state index in [4.69, 9.17) is 0 Å². The number of nitrogens with zero attached hydrogens (tertiary/aromatic N) is 1. The first-order chi connectivity index (χ1) is 7.76. The summed E-state index contributed by atoms with van der Waals surface area (Å²) in [6.45, 7) is 3.98. The smallest absolute Gasteiger partial charge is 0.0543 e. The third-order valence-corrected chi connectivity index (χ3v) is 5.05. The molecule has 0 aromatic heterocycles. The summed E-state index contributed by atoms with van der Waals surface area (Å²) >= 11 is 0. The molecular weight excluding hydrogens is 198 g/mol. The van der Waals surface area contributed by atoms with Crippen LogP contribution in [0.15, 0.2) is 0 Å². The highest BCUT2D eigenvalue weighted by Gasteiger charge is 2.44. The molecule has 0 bridgehead atoms. The van der Waals surface area contributed by atoms with Crippen molar-refractivity contribution in [2.45, 2.75) is 57.5 Å². The molecule has 0 amide bonds. The van der Waals surface area contributed by atoms with Gasteiger partial charge >= 0.3 is 0 Å². The molecule has 1 N–H and O–H groups in total. The Balaban J connectivity index is 1.43. The standard InChI is InChI=1S/C14H25NO/c16-13-5-3-4-12(8-13)9-15-10-14(11-15)6-1-2-7-14/h12-13,16H,1-11H2. The van der Waals surface area contributed by atoms with E-state index in [9.17, 15) is 5.11 Å². The van der Waals surface area contributed by atoms with Gasteiger partial charge in [-0.15, -0.1) is 0 Å². The van der Waals surface area contributed by atoms with E-state index in [1.54, 1.807) is 0 Å². The lowest BCUT2D eigenvalue weighted by atomic mass is 9.77. The van der Waals surface area contributed by atoms with Gasteiger partial charge in [-0.1, -0.05) is 19.3 Å². The van der Waals surface area contributed by atoms with E-state index in [0.29, 0.717) is 0 Å². The fourth-order valence-corrected chi connectivity index (χ4v) is 4.27. The quantitative estimate of drug-likeness (QED) is 0.777. The van der Waals surface area contributed by atoms with Gasteiger partial charge in [0.2, 0.25) is 0 Å². The minimum atomic E-state index is 0.000433. The zero-order valence-corrected chi connectivity index (χ0v) is 10.3. The van der Waals surface area contributed by atoms with E-state index >= 15 is 0 Å². The third-order valence-electron chi connectivity index (χ3n) is 5.05. The van der Waals surface area contributed by atoms with Crippen molar-refractivity contribution in [3.05, 3.63) is 0 Å². The highest BCUT2D eigenvalue weighted by atomic mass is 16.3. The molecule has 1 heterocycles. The van der Waals surface area contributed by atoms with Crippen LogP contribution in [-0.4, -0.2) is 35.7 Å². The summed E-state index contributed by atoms with van der Waals surface area (Å²) < 4.78 is 0. The van der Waals surface area contributed by atoms with Crippen LogP contribution in [0.5, 0.6) is 0 Å². The van der Waals surface area contributed by atoms with Crippen LogP contribution in [0.3, 0.4) is 0 Å². The SMILES string of the molecule is OC1CCCC(CN2CC3(CCCC3)C2)C1. The number of aliphatic hydroxyl groups is 1. The fraction of sp³-hybridized carbons (Fsp3) is 1.00. The maximum atomic E-state index is 9.67. The molecule has 1 spiro atoms. The topological polar surface area (TPSA) is 23.5 Å². The van der Waals surface area contributed by atoms with Crippen molar-refractivity contribution in [3.63, 3.8) is 0 Å². The van der Waals surface area contributed by atoms with Crippen molar-refractivity contribution < 1.29 is 5.11 Å².